The van der Waals surface area contributed by atoms with Crippen molar-refractivity contribution < 1.29 is 4.74 Å². The number of hydrogen-bond donors (Lipinski definition) is 0. The van der Waals surface area contributed by atoms with Gasteiger partial charge in [-0.2, -0.15) is 0 Å². The zero-order valence-electron chi connectivity index (χ0n) is 13.8. The minimum absolute atomic E-state index is 0.533. The van der Waals surface area contributed by atoms with Gasteiger partial charge in [0.05, 0.1) is 6.10 Å². The quantitative estimate of drug-likeness (QED) is 0.595. The molecule has 0 amide bonds. The Balaban J connectivity index is 1.73. The average molecular weight is 278 g/mol. The number of hydrogen-bond acceptors (Lipinski definition) is 1. The molecule has 0 aromatic rings. The van der Waals surface area contributed by atoms with Gasteiger partial charge in [0.2, 0.25) is 0 Å². The van der Waals surface area contributed by atoms with Crippen molar-refractivity contribution in [3.05, 3.63) is 12.2 Å². The van der Waals surface area contributed by atoms with Gasteiger partial charge in [-0.05, 0) is 62.2 Å². The van der Waals surface area contributed by atoms with Crippen molar-refractivity contribution in [1.29, 1.82) is 0 Å². The summed E-state index contributed by atoms with van der Waals surface area (Å²) in [7, 11) is 0. The minimum atomic E-state index is 0.533. The maximum atomic E-state index is 5.93. The summed E-state index contributed by atoms with van der Waals surface area (Å²) in [4.78, 5) is 0. The summed E-state index contributed by atoms with van der Waals surface area (Å²) >= 11 is 0. The molecule has 0 bridgehead atoms. The van der Waals surface area contributed by atoms with E-state index < -0.39 is 0 Å². The van der Waals surface area contributed by atoms with Crippen LogP contribution in [0.4, 0.5) is 0 Å². The van der Waals surface area contributed by atoms with Crippen molar-refractivity contribution in [2.45, 2.75) is 78.2 Å². The first-order chi connectivity index (χ1) is 9.69. The van der Waals surface area contributed by atoms with Gasteiger partial charge in [0.25, 0.3) is 0 Å². The van der Waals surface area contributed by atoms with Gasteiger partial charge in [-0.1, -0.05) is 45.8 Å². The predicted octanol–water partition coefficient (Wildman–Crippen LogP) is 5.60. The molecular weight excluding hydrogens is 244 g/mol. The maximum absolute atomic E-state index is 5.93. The molecule has 0 spiro atoms. The van der Waals surface area contributed by atoms with Crippen LogP contribution < -0.4 is 0 Å². The van der Waals surface area contributed by atoms with Crippen LogP contribution in [0, 0.1) is 23.7 Å². The van der Waals surface area contributed by atoms with Gasteiger partial charge in [-0.3, -0.25) is 0 Å². The molecule has 3 unspecified atom stereocenters. The Hall–Kier alpha value is -0.300. The van der Waals surface area contributed by atoms with E-state index in [9.17, 15) is 0 Å². The van der Waals surface area contributed by atoms with E-state index in [1.807, 2.05) is 0 Å². The highest BCUT2D eigenvalue weighted by molar-refractivity contribution is 4.98. The van der Waals surface area contributed by atoms with Crippen molar-refractivity contribution >= 4 is 0 Å². The molecule has 1 heteroatoms. The Morgan fingerprint density at radius 1 is 0.950 bits per heavy atom. The molecule has 1 nitrogen and oxygen atoms in total. The third-order valence-corrected chi connectivity index (χ3v) is 5.44. The highest BCUT2D eigenvalue weighted by atomic mass is 16.5. The van der Waals surface area contributed by atoms with E-state index in [4.69, 9.17) is 4.74 Å². The topological polar surface area (TPSA) is 9.23 Å². The van der Waals surface area contributed by atoms with E-state index in [2.05, 4.69) is 32.9 Å². The normalized spacial score (nSPS) is 39.2. The van der Waals surface area contributed by atoms with Crippen LogP contribution in [0.15, 0.2) is 12.2 Å². The van der Waals surface area contributed by atoms with E-state index >= 15 is 0 Å². The third-order valence-electron chi connectivity index (χ3n) is 5.44. The molecular formula is C19H34O. The van der Waals surface area contributed by atoms with Crippen molar-refractivity contribution in [2.75, 3.05) is 6.61 Å². The summed E-state index contributed by atoms with van der Waals surface area (Å²) in [6, 6.07) is 0. The predicted molar refractivity (Wildman–Crippen MR) is 86.8 cm³/mol. The Kier molecular flexibility index (Phi) is 6.61. The van der Waals surface area contributed by atoms with E-state index in [0.717, 1.165) is 36.7 Å². The molecule has 116 valence electrons. The highest BCUT2D eigenvalue weighted by Gasteiger charge is 2.26. The summed E-state index contributed by atoms with van der Waals surface area (Å²) in [6.07, 6.45) is 16.3. The molecule has 20 heavy (non-hydrogen) atoms. The second kappa shape index (κ2) is 8.22. The van der Waals surface area contributed by atoms with Gasteiger partial charge in [0.1, 0.15) is 0 Å². The van der Waals surface area contributed by atoms with Crippen LogP contribution in [0.3, 0.4) is 0 Å². The fourth-order valence-electron chi connectivity index (χ4n) is 3.87. The minimum Gasteiger partial charge on any atom is -0.378 e. The van der Waals surface area contributed by atoms with E-state index in [1.165, 1.54) is 44.9 Å². The Labute approximate surface area is 126 Å². The van der Waals surface area contributed by atoms with Crippen LogP contribution in [-0.2, 0) is 4.74 Å². The van der Waals surface area contributed by atoms with Crippen molar-refractivity contribution in [2.24, 2.45) is 23.7 Å². The van der Waals surface area contributed by atoms with Crippen LogP contribution in [0.1, 0.15) is 72.1 Å². The van der Waals surface area contributed by atoms with E-state index in [0.29, 0.717) is 6.10 Å². The smallest absolute Gasteiger partial charge is 0.0578 e. The molecule has 0 aromatic heterocycles. The Morgan fingerprint density at radius 2 is 1.70 bits per heavy atom. The number of rotatable bonds is 5. The largest absolute Gasteiger partial charge is 0.378 e. The van der Waals surface area contributed by atoms with Crippen LogP contribution in [-0.4, -0.2) is 12.7 Å². The third kappa shape index (κ3) is 4.91. The monoisotopic (exact) mass is 278 g/mol. The summed E-state index contributed by atoms with van der Waals surface area (Å²) in [5, 5.41) is 0. The summed E-state index contributed by atoms with van der Waals surface area (Å²) in [5.41, 5.74) is 0. The zero-order chi connectivity index (χ0) is 14.4. The second-order valence-corrected chi connectivity index (χ2v) is 7.35. The molecule has 2 aliphatic rings. The molecule has 2 rings (SSSR count). The van der Waals surface area contributed by atoms with E-state index in [-0.39, 0.29) is 0 Å². The van der Waals surface area contributed by atoms with E-state index in [1.54, 1.807) is 0 Å². The van der Waals surface area contributed by atoms with Crippen LogP contribution in [0.2, 0.25) is 0 Å². The molecule has 0 aromatic carbocycles. The van der Waals surface area contributed by atoms with Crippen molar-refractivity contribution in [3.63, 3.8) is 0 Å². The highest BCUT2D eigenvalue weighted by Crippen LogP contribution is 2.34. The summed E-state index contributed by atoms with van der Waals surface area (Å²) < 4.78 is 5.93. The zero-order valence-corrected chi connectivity index (χ0v) is 13.8. The van der Waals surface area contributed by atoms with Gasteiger partial charge >= 0.3 is 0 Å². The summed E-state index contributed by atoms with van der Waals surface area (Å²) in [6.45, 7) is 7.96. The first-order valence-corrected chi connectivity index (χ1v) is 8.99. The Morgan fingerprint density at radius 3 is 2.35 bits per heavy atom. The van der Waals surface area contributed by atoms with Crippen molar-refractivity contribution in [3.8, 4) is 0 Å². The lowest BCUT2D eigenvalue weighted by molar-refractivity contribution is 0.00664. The molecule has 2 saturated carbocycles. The van der Waals surface area contributed by atoms with Crippen LogP contribution in [0.25, 0.3) is 0 Å². The van der Waals surface area contributed by atoms with Gasteiger partial charge < -0.3 is 4.74 Å². The molecule has 0 radical (unpaired) electrons. The van der Waals surface area contributed by atoms with Crippen LogP contribution in [0.5, 0.6) is 0 Å². The molecule has 0 aliphatic heterocycles. The van der Waals surface area contributed by atoms with Gasteiger partial charge in [-0.15, -0.1) is 0 Å². The molecule has 0 saturated heterocycles. The fraction of sp³-hybridized carbons (Fsp3) is 0.895. The summed E-state index contributed by atoms with van der Waals surface area (Å²) in [5.74, 6) is 3.43. The first-order valence-electron chi connectivity index (χ1n) is 8.99. The molecule has 0 N–H and O–H groups in total. The van der Waals surface area contributed by atoms with Crippen molar-refractivity contribution in [1.82, 2.24) is 0 Å². The fourth-order valence-corrected chi connectivity index (χ4v) is 3.87. The second-order valence-electron chi connectivity index (χ2n) is 7.35. The number of ether oxygens (including phenoxy) is 1. The van der Waals surface area contributed by atoms with Gasteiger partial charge in [-0.25, -0.2) is 0 Å². The standard InChI is InChI=1S/C19H34O/c1-4-13-20-19-12-11-18(16(3)14-19)10-9-17-7-5-15(2)6-8-17/h9-10,15-19H,4-8,11-14H2,1-3H3. The first kappa shape index (κ1) is 16.1. The maximum Gasteiger partial charge on any atom is 0.0578 e. The lowest BCUT2D eigenvalue weighted by Gasteiger charge is -2.33. The molecule has 2 fully saturated rings. The Bertz CT molecular complexity index is 288. The van der Waals surface area contributed by atoms with Gasteiger partial charge in [0.15, 0.2) is 0 Å². The lowest BCUT2D eigenvalue weighted by atomic mass is 9.77. The molecule has 2 aliphatic carbocycles. The average Bonchev–Trinajstić information content (AvgIpc) is 2.46. The molecule has 0 heterocycles. The van der Waals surface area contributed by atoms with Gasteiger partial charge in [0, 0.05) is 6.61 Å². The lowest BCUT2D eigenvalue weighted by Crippen LogP contribution is -2.27. The number of allylic oxidation sites excluding steroid dienone is 2. The molecule has 3 atom stereocenters. The SMILES string of the molecule is CCCOC1CCC(C=CC2CCC(C)CC2)C(C)C1. The van der Waals surface area contributed by atoms with Crippen LogP contribution >= 0.6 is 0 Å².